The molecule has 0 spiro atoms. The fourth-order valence-electron chi connectivity index (χ4n) is 1.49. The normalized spacial score (nSPS) is 15.5. The molecule has 0 radical (unpaired) electrons. The van der Waals surface area contributed by atoms with E-state index in [1.165, 1.54) is 5.32 Å². The summed E-state index contributed by atoms with van der Waals surface area (Å²) >= 11 is 0. The number of rotatable bonds is 9. The maximum absolute atomic E-state index is 13.4. The van der Waals surface area contributed by atoms with E-state index < -0.39 is 73.0 Å². The summed E-state index contributed by atoms with van der Waals surface area (Å²) in [6, 6.07) is 0. The highest BCUT2D eigenvalue weighted by atomic mass is 19.4. The van der Waals surface area contributed by atoms with Crippen molar-refractivity contribution in [3.63, 3.8) is 0 Å². The van der Waals surface area contributed by atoms with Gasteiger partial charge in [-0.05, 0) is 0 Å². The summed E-state index contributed by atoms with van der Waals surface area (Å²) in [5.41, 5.74) is -2.45. The van der Waals surface area contributed by atoms with Crippen LogP contribution in [0.2, 0.25) is 0 Å². The van der Waals surface area contributed by atoms with Crippen molar-refractivity contribution in [2.45, 2.75) is 35.4 Å². The van der Waals surface area contributed by atoms with Gasteiger partial charge in [-0.25, -0.2) is 4.39 Å². The molecule has 0 aliphatic carbocycles. The van der Waals surface area contributed by atoms with Crippen molar-refractivity contribution in [2.75, 3.05) is 19.8 Å². The van der Waals surface area contributed by atoms with Crippen LogP contribution < -0.4 is 5.32 Å². The van der Waals surface area contributed by atoms with E-state index in [2.05, 4.69) is 0 Å². The molecule has 0 aliphatic rings. The predicted octanol–water partition coefficient (Wildman–Crippen LogP) is 1.78. The lowest BCUT2D eigenvalue weighted by molar-refractivity contribution is -0.419. The average molecular weight is 461 g/mol. The maximum Gasteiger partial charge on any atom is 0.460 e. The Labute approximate surface area is 152 Å². The fourth-order valence-corrected chi connectivity index (χ4v) is 1.49. The molecule has 0 aromatic heterocycles. The second kappa shape index (κ2) is 8.17. The monoisotopic (exact) mass is 461 g/mol. The van der Waals surface area contributed by atoms with Crippen LogP contribution >= 0.6 is 0 Å². The third kappa shape index (κ3) is 4.55. The molecule has 17 heteroatoms. The number of halogens is 12. The lowest BCUT2D eigenvalue weighted by Crippen LogP contribution is -2.66. The van der Waals surface area contributed by atoms with E-state index in [0.29, 0.717) is 0 Å². The van der Waals surface area contributed by atoms with E-state index >= 15 is 0 Å². The lowest BCUT2D eigenvalue weighted by Gasteiger charge is -2.36. The molecule has 29 heavy (non-hydrogen) atoms. The standard InChI is InChI=1S/C12H11F12NO4/c13-5(1-6(29)25-7(2-26,3-27)4-28)8(14,15)9(16,17)10(18,19)11(20,21)12(22,23)24/h1,26-28H,2-4H2,(H,25,29)/b5-1-. The number of aliphatic hydroxyl groups is 3. The minimum Gasteiger partial charge on any atom is -0.394 e. The van der Waals surface area contributed by atoms with Gasteiger partial charge in [0.2, 0.25) is 5.91 Å². The average Bonchev–Trinajstić information content (AvgIpc) is 2.58. The van der Waals surface area contributed by atoms with Gasteiger partial charge in [-0.2, -0.15) is 48.3 Å². The first-order valence-corrected chi connectivity index (χ1v) is 6.81. The van der Waals surface area contributed by atoms with E-state index in [9.17, 15) is 57.5 Å². The van der Waals surface area contributed by atoms with Crippen LogP contribution in [0.15, 0.2) is 11.9 Å². The number of alkyl halides is 11. The van der Waals surface area contributed by atoms with Gasteiger partial charge in [0.15, 0.2) is 5.83 Å². The highest BCUT2D eigenvalue weighted by molar-refractivity contribution is 5.88. The minimum atomic E-state index is -7.87. The fraction of sp³-hybridized carbons (Fsp3) is 0.750. The molecule has 0 heterocycles. The Morgan fingerprint density at radius 3 is 1.41 bits per heavy atom. The summed E-state index contributed by atoms with van der Waals surface area (Å²) in [4.78, 5) is 11.3. The smallest absolute Gasteiger partial charge is 0.394 e. The molecule has 0 aromatic rings. The molecule has 1 amide bonds. The van der Waals surface area contributed by atoms with Gasteiger partial charge in [0, 0.05) is 6.08 Å². The Hall–Kier alpha value is -1.75. The molecule has 0 rings (SSSR count). The highest BCUT2D eigenvalue weighted by Crippen LogP contribution is 2.58. The number of allylic oxidation sites excluding steroid dienone is 1. The molecule has 0 saturated carbocycles. The summed E-state index contributed by atoms with van der Waals surface area (Å²) < 4.78 is 154. The van der Waals surface area contributed by atoms with Crippen molar-refractivity contribution in [2.24, 2.45) is 0 Å². The van der Waals surface area contributed by atoms with Crippen molar-refractivity contribution in [1.82, 2.24) is 5.32 Å². The van der Waals surface area contributed by atoms with Crippen LogP contribution in [0.4, 0.5) is 52.7 Å². The number of hydrogen-bond donors (Lipinski definition) is 4. The highest BCUT2D eigenvalue weighted by Gasteiger charge is 2.87. The lowest BCUT2D eigenvalue weighted by atomic mass is 9.97. The number of carbonyl (C=O) groups excluding carboxylic acids is 1. The predicted molar refractivity (Wildman–Crippen MR) is 67.2 cm³/mol. The van der Waals surface area contributed by atoms with Crippen molar-refractivity contribution in [3.8, 4) is 0 Å². The van der Waals surface area contributed by atoms with Gasteiger partial charge in [-0.15, -0.1) is 0 Å². The molecule has 0 bridgehead atoms. The second-order valence-electron chi connectivity index (χ2n) is 5.53. The van der Waals surface area contributed by atoms with E-state index in [1.807, 2.05) is 0 Å². The summed E-state index contributed by atoms with van der Waals surface area (Å²) in [6.07, 6.45) is -8.66. The summed E-state index contributed by atoms with van der Waals surface area (Å²) in [7, 11) is 0. The molecule has 0 aromatic carbocycles. The van der Waals surface area contributed by atoms with Gasteiger partial charge in [-0.1, -0.05) is 0 Å². The van der Waals surface area contributed by atoms with Crippen LogP contribution in [0.3, 0.4) is 0 Å². The van der Waals surface area contributed by atoms with Crippen molar-refractivity contribution in [1.29, 1.82) is 0 Å². The maximum atomic E-state index is 13.4. The third-order valence-electron chi connectivity index (χ3n) is 3.39. The second-order valence-corrected chi connectivity index (χ2v) is 5.53. The minimum absolute atomic E-state index is 1.23. The SMILES string of the molecule is O=C(/C=C(\F)C(F)(F)C(F)(F)C(F)(F)C(F)(F)C(F)(F)F)NC(CO)(CO)CO. The van der Waals surface area contributed by atoms with Gasteiger partial charge < -0.3 is 20.6 Å². The zero-order chi connectivity index (χ0) is 23.7. The summed E-state index contributed by atoms with van der Waals surface area (Å²) in [5.74, 6) is -36.5. The van der Waals surface area contributed by atoms with E-state index in [0.717, 1.165) is 0 Å². The number of aliphatic hydroxyl groups excluding tert-OH is 3. The Balaban J connectivity index is 6.08. The molecule has 4 N–H and O–H groups in total. The van der Waals surface area contributed by atoms with Crippen molar-refractivity contribution < 1.29 is 72.8 Å². The summed E-state index contributed by atoms with van der Waals surface area (Å²) in [5, 5.41) is 27.7. The first-order valence-electron chi connectivity index (χ1n) is 6.81. The van der Waals surface area contributed by atoms with Crippen LogP contribution in [0.5, 0.6) is 0 Å². The van der Waals surface area contributed by atoms with Crippen molar-refractivity contribution in [3.05, 3.63) is 11.9 Å². The quantitative estimate of drug-likeness (QED) is 0.312. The van der Waals surface area contributed by atoms with Crippen molar-refractivity contribution >= 4 is 5.91 Å². The first-order chi connectivity index (χ1) is 12.7. The zero-order valence-corrected chi connectivity index (χ0v) is 13.5. The van der Waals surface area contributed by atoms with Gasteiger partial charge in [0.05, 0.1) is 19.8 Å². The summed E-state index contributed by atoms with van der Waals surface area (Å²) in [6.45, 7) is -4.03. The molecular formula is C12H11F12NO4. The third-order valence-corrected chi connectivity index (χ3v) is 3.39. The van der Waals surface area contributed by atoms with Crippen LogP contribution in [-0.2, 0) is 4.79 Å². The molecule has 0 atom stereocenters. The molecule has 0 aliphatic heterocycles. The number of nitrogens with one attached hydrogen (secondary N) is 1. The van der Waals surface area contributed by atoms with Crippen LogP contribution in [0.25, 0.3) is 0 Å². The molecule has 5 nitrogen and oxygen atoms in total. The Bertz CT molecular complexity index is 619. The van der Waals surface area contributed by atoms with E-state index in [-0.39, 0.29) is 0 Å². The molecule has 172 valence electrons. The molecule has 0 fully saturated rings. The van der Waals surface area contributed by atoms with Gasteiger partial charge in [0.25, 0.3) is 0 Å². The van der Waals surface area contributed by atoms with Crippen LogP contribution in [-0.4, -0.2) is 76.5 Å². The molecular weight excluding hydrogens is 450 g/mol. The van der Waals surface area contributed by atoms with Gasteiger partial charge >= 0.3 is 29.9 Å². The Morgan fingerprint density at radius 2 is 1.10 bits per heavy atom. The molecule has 0 unspecified atom stereocenters. The van der Waals surface area contributed by atoms with Gasteiger partial charge in [-0.3, -0.25) is 4.79 Å². The number of carbonyl (C=O) groups is 1. The van der Waals surface area contributed by atoms with E-state index in [1.54, 1.807) is 0 Å². The Kier molecular flexibility index (Phi) is 7.68. The Morgan fingerprint density at radius 1 is 0.724 bits per heavy atom. The molecule has 0 saturated heterocycles. The van der Waals surface area contributed by atoms with Crippen LogP contribution in [0.1, 0.15) is 0 Å². The number of hydrogen-bond acceptors (Lipinski definition) is 4. The number of amides is 1. The van der Waals surface area contributed by atoms with Crippen LogP contribution in [0, 0.1) is 0 Å². The zero-order valence-electron chi connectivity index (χ0n) is 13.5. The largest absolute Gasteiger partial charge is 0.460 e. The topological polar surface area (TPSA) is 89.8 Å². The van der Waals surface area contributed by atoms with Gasteiger partial charge in [0.1, 0.15) is 5.54 Å². The first kappa shape index (κ1) is 27.2. The van der Waals surface area contributed by atoms with E-state index in [4.69, 9.17) is 15.3 Å².